The van der Waals surface area contributed by atoms with Gasteiger partial charge in [-0.25, -0.2) is 4.98 Å². The minimum Gasteiger partial charge on any atom is -0.446 e. The molecule has 2 heterocycles. The van der Waals surface area contributed by atoms with Gasteiger partial charge < -0.3 is 15.1 Å². The van der Waals surface area contributed by atoms with E-state index in [9.17, 15) is 4.79 Å². The van der Waals surface area contributed by atoms with Gasteiger partial charge in [0.25, 0.3) is 5.91 Å². The average molecular weight is 263 g/mol. The van der Waals surface area contributed by atoms with E-state index in [2.05, 4.69) is 15.6 Å². The second-order valence-electron chi connectivity index (χ2n) is 5.53. The van der Waals surface area contributed by atoms with Crippen LogP contribution < -0.4 is 10.6 Å². The lowest BCUT2D eigenvalue weighted by Crippen LogP contribution is -2.36. The summed E-state index contributed by atoms with van der Waals surface area (Å²) >= 11 is 0. The van der Waals surface area contributed by atoms with E-state index < -0.39 is 0 Å². The molecule has 5 heteroatoms. The minimum absolute atomic E-state index is 0.0973. The quantitative estimate of drug-likeness (QED) is 0.877. The van der Waals surface area contributed by atoms with Gasteiger partial charge in [-0.2, -0.15) is 0 Å². The van der Waals surface area contributed by atoms with Crippen LogP contribution in [0.25, 0.3) is 0 Å². The summed E-state index contributed by atoms with van der Waals surface area (Å²) in [5.74, 6) is 0.547. The van der Waals surface area contributed by atoms with Crippen LogP contribution in [-0.4, -0.2) is 23.5 Å². The van der Waals surface area contributed by atoms with Gasteiger partial charge in [0.05, 0.1) is 6.04 Å². The predicted molar refractivity (Wildman–Crippen MR) is 70.8 cm³/mol. The van der Waals surface area contributed by atoms with Crippen molar-refractivity contribution in [3.63, 3.8) is 0 Å². The van der Waals surface area contributed by atoms with E-state index in [4.69, 9.17) is 4.42 Å². The zero-order valence-corrected chi connectivity index (χ0v) is 11.2. The third-order valence-electron chi connectivity index (χ3n) is 4.05. The molecule has 3 rings (SSSR count). The van der Waals surface area contributed by atoms with Gasteiger partial charge in [-0.05, 0) is 32.2 Å². The number of hydrogen-bond donors (Lipinski definition) is 2. The molecule has 0 radical (unpaired) electrons. The number of oxazole rings is 1. The lowest BCUT2D eigenvalue weighted by atomic mass is 9.95. The van der Waals surface area contributed by atoms with E-state index in [1.165, 1.54) is 25.5 Å². The van der Waals surface area contributed by atoms with Crippen molar-refractivity contribution in [1.82, 2.24) is 15.6 Å². The van der Waals surface area contributed by atoms with Crippen LogP contribution in [0.5, 0.6) is 0 Å². The van der Waals surface area contributed by atoms with Crippen LogP contribution in [-0.2, 0) is 0 Å². The molecule has 0 aromatic carbocycles. The first-order chi connectivity index (χ1) is 9.33. The molecule has 1 aliphatic heterocycles. The monoisotopic (exact) mass is 263 g/mol. The number of carbonyl (C=O) groups excluding carboxylic acids is 1. The molecule has 19 heavy (non-hydrogen) atoms. The Balaban J connectivity index is 1.59. The maximum atomic E-state index is 12.1. The highest BCUT2D eigenvalue weighted by Crippen LogP contribution is 2.22. The summed E-state index contributed by atoms with van der Waals surface area (Å²) in [7, 11) is 0. The summed E-state index contributed by atoms with van der Waals surface area (Å²) in [4.78, 5) is 16.4. The first kappa shape index (κ1) is 12.7. The Morgan fingerprint density at radius 2 is 2.11 bits per heavy atom. The number of hydrogen-bond acceptors (Lipinski definition) is 4. The van der Waals surface area contributed by atoms with E-state index >= 15 is 0 Å². The fraction of sp³-hybridized carbons (Fsp3) is 0.714. The number of nitrogens with one attached hydrogen (secondary N) is 2. The fourth-order valence-corrected chi connectivity index (χ4v) is 2.95. The highest BCUT2D eigenvalue weighted by atomic mass is 16.3. The molecule has 1 amide bonds. The third-order valence-corrected chi connectivity index (χ3v) is 4.05. The Morgan fingerprint density at radius 3 is 2.84 bits per heavy atom. The fourth-order valence-electron chi connectivity index (χ4n) is 2.95. The smallest absolute Gasteiger partial charge is 0.273 e. The summed E-state index contributed by atoms with van der Waals surface area (Å²) in [5.41, 5.74) is 0.411. The molecule has 1 saturated heterocycles. The molecule has 1 aromatic heterocycles. The molecular weight excluding hydrogens is 242 g/mol. The number of aromatic nitrogens is 1. The van der Waals surface area contributed by atoms with E-state index in [1.807, 2.05) is 0 Å². The van der Waals surface area contributed by atoms with Crippen molar-refractivity contribution in [1.29, 1.82) is 0 Å². The van der Waals surface area contributed by atoms with Crippen LogP contribution in [0.2, 0.25) is 0 Å². The molecule has 2 fully saturated rings. The van der Waals surface area contributed by atoms with Gasteiger partial charge in [-0.3, -0.25) is 4.79 Å². The molecule has 1 unspecified atom stereocenters. The van der Waals surface area contributed by atoms with Gasteiger partial charge in [-0.15, -0.1) is 0 Å². The Morgan fingerprint density at radius 1 is 1.26 bits per heavy atom. The van der Waals surface area contributed by atoms with Crippen LogP contribution in [0.3, 0.4) is 0 Å². The standard InChI is InChI=1S/C14H21N3O2/c18-13(16-10-5-2-1-3-6-10)12-9-19-14(17-12)11-7-4-8-15-11/h9-11,15H,1-8H2,(H,16,18). The van der Waals surface area contributed by atoms with Gasteiger partial charge in [0.2, 0.25) is 5.89 Å². The van der Waals surface area contributed by atoms with Gasteiger partial charge in [-0.1, -0.05) is 19.3 Å². The van der Waals surface area contributed by atoms with Crippen LogP contribution >= 0.6 is 0 Å². The molecule has 1 saturated carbocycles. The van der Waals surface area contributed by atoms with Gasteiger partial charge in [0.15, 0.2) is 5.69 Å². The molecule has 1 aromatic rings. The van der Waals surface area contributed by atoms with Crippen molar-refractivity contribution in [3.8, 4) is 0 Å². The highest BCUT2D eigenvalue weighted by Gasteiger charge is 2.24. The Kier molecular flexibility index (Phi) is 3.82. The minimum atomic E-state index is -0.0973. The topological polar surface area (TPSA) is 67.2 Å². The largest absolute Gasteiger partial charge is 0.446 e. The van der Waals surface area contributed by atoms with Crippen LogP contribution in [0.4, 0.5) is 0 Å². The lowest BCUT2D eigenvalue weighted by molar-refractivity contribution is 0.0922. The van der Waals surface area contributed by atoms with Crippen molar-refractivity contribution in [2.24, 2.45) is 0 Å². The predicted octanol–water partition coefficient (Wildman–Crippen LogP) is 2.16. The maximum absolute atomic E-state index is 12.1. The van der Waals surface area contributed by atoms with Crippen LogP contribution in [0.15, 0.2) is 10.7 Å². The molecule has 0 bridgehead atoms. The summed E-state index contributed by atoms with van der Waals surface area (Å²) in [6, 6.07) is 0.488. The van der Waals surface area contributed by atoms with Crippen molar-refractivity contribution in [3.05, 3.63) is 17.8 Å². The molecule has 5 nitrogen and oxygen atoms in total. The van der Waals surface area contributed by atoms with Gasteiger partial charge >= 0.3 is 0 Å². The summed E-state index contributed by atoms with van der Waals surface area (Å²) in [6.07, 6.45) is 9.52. The molecular formula is C14H21N3O2. The van der Waals surface area contributed by atoms with E-state index in [1.54, 1.807) is 0 Å². The van der Waals surface area contributed by atoms with E-state index in [0.717, 1.165) is 32.2 Å². The molecule has 1 atom stereocenters. The molecule has 2 aliphatic rings. The Labute approximate surface area is 113 Å². The summed E-state index contributed by atoms with van der Waals surface area (Å²) in [6.45, 7) is 0.997. The number of amides is 1. The first-order valence-electron chi connectivity index (χ1n) is 7.32. The maximum Gasteiger partial charge on any atom is 0.273 e. The zero-order valence-electron chi connectivity index (χ0n) is 11.2. The number of carbonyl (C=O) groups is 1. The van der Waals surface area contributed by atoms with Crippen molar-refractivity contribution in [2.45, 2.75) is 57.0 Å². The van der Waals surface area contributed by atoms with Crippen molar-refractivity contribution >= 4 is 5.91 Å². The average Bonchev–Trinajstić information content (AvgIpc) is 3.11. The lowest BCUT2D eigenvalue weighted by Gasteiger charge is -2.22. The normalized spacial score (nSPS) is 24.5. The third kappa shape index (κ3) is 2.97. The van der Waals surface area contributed by atoms with Crippen LogP contribution in [0, 0.1) is 0 Å². The molecule has 1 aliphatic carbocycles. The SMILES string of the molecule is O=C(NC1CCCCC1)c1coc(C2CCCN2)n1. The van der Waals surface area contributed by atoms with Crippen LogP contribution in [0.1, 0.15) is 67.4 Å². The van der Waals surface area contributed by atoms with Gasteiger partial charge in [0, 0.05) is 6.04 Å². The zero-order chi connectivity index (χ0) is 13.1. The summed E-state index contributed by atoms with van der Waals surface area (Å²) < 4.78 is 5.42. The van der Waals surface area contributed by atoms with Crippen molar-refractivity contribution in [2.75, 3.05) is 6.54 Å². The first-order valence-corrected chi connectivity index (χ1v) is 7.32. The Bertz CT molecular complexity index is 432. The Hall–Kier alpha value is -1.36. The summed E-state index contributed by atoms with van der Waals surface area (Å²) in [5, 5.41) is 6.38. The number of rotatable bonds is 3. The van der Waals surface area contributed by atoms with E-state index in [0.29, 0.717) is 17.6 Å². The second-order valence-corrected chi connectivity index (χ2v) is 5.53. The molecule has 0 spiro atoms. The van der Waals surface area contributed by atoms with Crippen molar-refractivity contribution < 1.29 is 9.21 Å². The second kappa shape index (κ2) is 5.74. The molecule has 104 valence electrons. The van der Waals surface area contributed by atoms with E-state index in [-0.39, 0.29) is 11.9 Å². The molecule has 2 N–H and O–H groups in total. The highest BCUT2D eigenvalue weighted by molar-refractivity contribution is 5.92. The van der Waals surface area contributed by atoms with Gasteiger partial charge in [0.1, 0.15) is 6.26 Å². The number of nitrogens with zero attached hydrogens (tertiary/aromatic N) is 1.